The van der Waals surface area contributed by atoms with Crippen LogP contribution in [0.1, 0.15) is 52.4 Å². The van der Waals surface area contributed by atoms with Crippen LogP contribution in [0.25, 0.3) is 0 Å². The van der Waals surface area contributed by atoms with Crippen LogP contribution in [-0.4, -0.2) is 44.3 Å². The van der Waals surface area contributed by atoms with Crippen molar-refractivity contribution in [2.45, 2.75) is 58.5 Å². The molecule has 0 aromatic carbocycles. The maximum absolute atomic E-state index is 6.02. The van der Waals surface area contributed by atoms with Crippen LogP contribution < -0.4 is 5.73 Å². The number of nitrogens with two attached hydrogens (primary N) is 1. The van der Waals surface area contributed by atoms with Crippen molar-refractivity contribution in [3.8, 4) is 0 Å². The zero-order chi connectivity index (χ0) is 13.4. The molecule has 1 aliphatic carbocycles. The van der Waals surface area contributed by atoms with Gasteiger partial charge in [0.2, 0.25) is 0 Å². The molecule has 0 atom stereocenters. The summed E-state index contributed by atoms with van der Waals surface area (Å²) in [6.07, 6.45) is 8.41. The van der Waals surface area contributed by atoms with Crippen LogP contribution in [0.5, 0.6) is 0 Å². The highest BCUT2D eigenvalue weighted by atomic mass is 16.5. The van der Waals surface area contributed by atoms with E-state index < -0.39 is 0 Å². The standard InChI is InChI=1S/C15H32N2O/c1-14(2)18-12-11-17(3)10-9-15(13-16)7-5-4-6-8-15/h14H,4-13,16H2,1-3H3. The van der Waals surface area contributed by atoms with Crippen LogP contribution >= 0.6 is 0 Å². The smallest absolute Gasteiger partial charge is 0.0596 e. The molecule has 1 saturated carbocycles. The minimum Gasteiger partial charge on any atom is -0.377 e. The van der Waals surface area contributed by atoms with E-state index in [1.54, 1.807) is 0 Å². The summed E-state index contributed by atoms with van der Waals surface area (Å²) in [4.78, 5) is 2.38. The highest BCUT2D eigenvalue weighted by Gasteiger charge is 2.30. The summed E-state index contributed by atoms with van der Waals surface area (Å²) in [5.41, 5.74) is 6.46. The Hall–Kier alpha value is -0.120. The van der Waals surface area contributed by atoms with E-state index in [4.69, 9.17) is 10.5 Å². The molecule has 0 radical (unpaired) electrons. The second-order valence-electron chi connectivity index (χ2n) is 6.24. The second kappa shape index (κ2) is 8.13. The van der Waals surface area contributed by atoms with Crippen LogP contribution in [-0.2, 0) is 4.74 Å². The zero-order valence-corrected chi connectivity index (χ0v) is 12.6. The average Bonchev–Trinajstić information content (AvgIpc) is 2.37. The van der Waals surface area contributed by atoms with Gasteiger partial charge in [-0.05, 0) is 58.7 Å². The van der Waals surface area contributed by atoms with Gasteiger partial charge in [-0.3, -0.25) is 0 Å². The quantitative estimate of drug-likeness (QED) is 0.725. The van der Waals surface area contributed by atoms with Crippen molar-refractivity contribution >= 4 is 0 Å². The molecule has 108 valence electrons. The molecule has 0 amide bonds. The minimum atomic E-state index is 0.340. The molecule has 0 heterocycles. The lowest BCUT2D eigenvalue weighted by atomic mass is 9.72. The van der Waals surface area contributed by atoms with Crippen LogP contribution in [0, 0.1) is 5.41 Å². The molecule has 0 aliphatic heterocycles. The molecule has 1 aliphatic rings. The lowest BCUT2D eigenvalue weighted by Crippen LogP contribution is -2.37. The molecule has 0 spiro atoms. The molecule has 1 rings (SSSR count). The van der Waals surface area contributed by atoms with E-state index in [1.165, 1.54) is 38.5 Å². The summed E-state index contributed by atoms with van der Waals surface area (Å²) in [6.45, 7) is 8.06. The van der Waals surface area contributed by atoms with Gasteiger partial charge in [0, 0.05) is 6.54 Å². The van der Waals surface area contributed by atoms with E-state index in [0.717, 1.165) is 26.2 Å². The average molecular weight is 256 g/mol. The van der Waals surface area contributed by atoms with E-state index in [2.05, 4.69) is 25.8 Å². The SMILES string of the molecule is CC(C)OCCN(C)CCC1(CN)CCCCC1. The summed E-state index contributed by atoms with van der Waals surface area (Å²) in [5, 5.41) is 0. The van der Waals surface area contributed by atoms with Gasteiger partial charge < -0.3 is 15.4 Å². The fourth-order valence-corrected chi connectivity index (χ4v) is 2.84. The molecule has 3 nitrogen and oxygen atoms in total. The van der Waals surface area contributed by atoms with Crippen molar-refractivity contribution in [3.05, 3.63) is 0 Å². The van der Waals surface area contributed by atoms with Crippen molar-refractivity contribution in [2.75, 3.05) is 33.3 Å². The summed E-state index contributed by atoms with van der Waals surface area (Å²) in [5.74, 6) is 0. The van der Waals surface area contributed by atoms with Crippen molar-refractivity contribution in [2.24, 2.45) is 11.1 Å². The molecular weight excluding hydrogens is 224 g/mol. The van der Waals surface area contributed by atoms with Crippen LogP contribution in [0.15, 0.2) is 0 Å². The van der Waals surface area contributed by atoms with Gasteiger partial charge in [-0.1, -0.05) is 19.3 Å². The maximum Gasteiger partial charge on any atom is 0.0596 e. The van der Waals surface area contributed by atoms with Gasteiger partial charge in [0.1, 0.15) is 0 Å². The summed E-state index contributed by atoms with van der Waals surface area (Å²) in [6, 6.07) is 0. The Balaban J connectivity index is 2.20. The second-order valence-corrected chi connectivity index (χ2v) is 6.24. The van der Waals surface area contributed by atoms with Crippen molar-refractivity contribution in [1.29, 1.82) is 0 Å². The molecule has 0 aromatic rings. The number of rotatable bonds is 8. The molecule has 0 aromatic heterocycles. The van der Waals surface area contributed by atoms with E-state index in [9.17, 15) is 0 Å². The first-order valence-electron chi connectivity index (χ1n) is 7.58. The monoisotopic (exact) mass is 256 g/mol. The van der Waals surface area contributed by atoms with Gasteiger partial charge in [-0.15, -0.1) is 0 Å². The first kappa shape index (κ1) is 15.9. The van der Waals surface area contributed by atoms with Gasteiger partial charge in [0.25, 0.3) is 0 Å². The number of ether oxygens (including phenoxy) is 1. The molecule has 0 unspecified atom stereocenters. The third-order valence-corrected chi connectivity index (χ3v) is 4.30. The third-order valence-electron chi connectivity index (χ3n) is 4.30. The predicted octanol–water partition coefficient (Wildman–Crippen LogP) is 2.64. The van der Waals surface area contributed by atoms with Crippen molar-refractivity contribution in [1.82, 2.24) is 4.90 Å². The van der Waals surface area contributed by atoms with Crippen LogP contribution in [0.3, 0.4) is 0 Å². The molecule has 2 N–H and O–H groups in total. The van der Waals surface area contributed by atoms with Gasteiger partial charge >= 0.3 is 0 Å². The van der Waals surface area contributed by atoms with E-state index in [1.807, 2.05) is 0 Å². The number of hydrogen-bond donors (Lipinski definition) is 1. The molecule has 18 heavy (non-hydrogen) atoms. The largest absolute Gasteiger partial charge is 0.377 e. The van der Waals surface area contributed by atoms with E-state index in [0.29, 0.717) is 11.5 Å². The molecule has 0 saturated heterocycles. The van der Waals surface area contributed by atoms with E-state index in [-0.39, 0.29) is 0 Å². The Labute approximate surface area is 113 Å². The summed E-state index contributed by atoms with van der Waals surface area (Å²) in [7, 11) is 2.19. The molecule has 3 heteroatoms. The zero-order valence-electron chi connectivity index (χ0n) is 12.6. The molecule has 1 fully saturated rings. The third kappa shape index (κ3) is 5.68. The number of nitrogens with zero attached hydrogens (tertiary/aromatic N) is 1. The highest BCUT2D eigenvalue weighted by molar-refractivity contribution is 4.84. The fourth-order valence-electron chi connectivity index (χ4n) is 2.84. The van der Waals surface area contributed by atoms with Gasteiger partial charge in [-0.25, -0.2) is 0 Å². The summed E-state index contributed by atoms with van der Waals surface area (Å²) >= 11 is 0. The van der Waals surface area contributed by atoms with Crippen molar-refractivity contribution < 1.29 is 4.74 Å². The van der Waals surface area contributed by atoms with Gasteiger partial charge in [0.05, 0.1) is 12.7 Å². The molecule has 0 bridgehead atoms. The van der Waals surface area contributed by atoms with Crippen LogP contribution in [0.4, 0.5) is 0 Å². The van der Waals surface area contributed by atoms with Gasteiger partial charge in [0.15, 0.2) is 0 Å². The van der Waals surface area contributed by atoms with Gasteiger partial charge in [-0.2, -0.15) is 0 Å². The van der Waals surface area contributed by atoms with Crippen molar-refractivity contribution in [3.63, 3.8) is 0 Å². The predicted molar refractivity (Wildman–Crippen MR) is 77.8 cm³/mol. The Morgan fingerprint density at radius 2 is 1.83 bits per heavy atom. The topological polar surface area (TPSA) is 38.5 Å². The minimum absolute atomic E-state index is 0.340. The lowest BCUT2D eigenvalue weighted by Gasteiger charge is -2.37. The summed E-state index contributed by atoms with van der Waals surface area (Å²) < 4.78 is 5.59. The van der Waals surface area contributed by atoms with Crippen LogP contribution in [0.2, 0.25) is 0 Å². The Morgan fingerprint density at radius 3 is 2.39 bits per heavy atom. The Morgan fingerprint density at radius 1 is 1.17 bits per heavy atom. The normalized spacial score (nSPS) is 19.7. The fraction of sp³-hybridized carbons (Fsp3) is 1.00. The molecular formula is C15H32N2O. The first-order valence-corrected chi connectivity index (χ1v) is 7.58. The lowest BCUT2D eigenvalue weighted by molar-refractivity contribution is 0.0595. The Kier molecular flexibility index (Phi) is 7.20. The highest BCUT2D eigenvalue weighted by Crippen LogP contribution is 2.38. The number of hydrogen-bond acceptors (Lipinski definition) is 3. The number of likely N-dealkylation sites (N-methyl/N-ethyl adjacent to an activating group) is 1. The first-order chi connectivity index (χ1) is 8.58. The maximum atomic E-state index is 6.02. The Bertz CT molecular complexity index is 213. The van der Waals surface area contributed by atoms with E-state index >= 15 is 0 Å².